The fourth-order valence-electron chi connectivity index (χ4n) is 1.06. The summed E-state index contributed by atoms with van der Waals surface area (Å²) < 4.78 is 5.90. The molecule has 13 heavy (non-hydrogen) atoms. The van der Waals surface area contributed by atoms with Gasteiger partial charge >= 0.3 is 0 Å². The summed E-state index contributed by atoms with van der Waals surface area (Å²) in [5.41, 5.74) is 0.796. The molecule has 0 fully saturated rings. The van der Waals surface area contributed by atoms with Crippen LogP contribution in [0.3, 0.4) is 0 Å². The summed E-state index contributed by atoms with van der Waals surface area (Å²) in [4.78, 5) is 0. The van der Waals surface area contributed by atoms with Crippen molar-refractivity contribution in [2.45, 2.75) is 6.42 Å². The van der Waals surface area contributed by atoms with Crippen LogP contribution in [0.2, 0.25) is 5.02 Å². The normalized spacial score (nSPS) is 9.38. The lowest BCUT2D eigenvalue weighted by Crippen LogP contribution is -1.92. The third kappa shape index (κ3) is 2.36. The predicted octanol–water partition coefficient (Wildman–Crippen LogP) is 3.18. The topological polar surface area (TPSA) is 33.0 Å². The zero-order valence-corrected chi connectivity index (χ0v) is 9.32. The standard InChI is InChI=1S/C9H7BrClNO/c1-13-9-6(2-3-12)4-7(11)5-8(9)10/h4-5H,2H2,1H3. The molecule has 0 aliphatic carbocycles. The first-order valence-corrected chi connectivity index (χ1v) is 4.75. The van der Waals surface area contributed by atoms with Gasteiger partial charge in [-0.2, -0.15) is 5.26 Å². The number of benzene rings is 1. The number of methoxy groups -OCH3 is 1. The maximum atomic E-state index is 8.56. The van der Waals surface area contributed by atoms with Crippen molar-refractivity contribution in [2.75, 3.05) is 7.11 Å². The minimum absolute atomic E-state index is 0.294. The molecule has 0 spiro atoms. The molecule has 0 saturated carbocycles. The molecule has 0 unspecified atom stereocenters. The van der Waals surface area contributed by atoms with Crippen molar-refractivity contribution in [1.29, 1.82) is 5.26 Å². The van der Waals surface area contributed by atoms with Crippen LogP contribution in [-0.4, -0.2) is 7.11 Å². The van der Waals surface area contributed by atoms with E-state index in [1.165, 1.54) is 0 Å². The van der Waals surface area contributed by atoms with Crippen LogP contribution in [0.5, 0.6) is 5.75 Å². The Labute approximate surface area is 90.2 Å². The molecule has 0 heterocycles. The van der Waals surface area contributed by atoms with Crippen molar-refractivity contribution in [3.63, 3.8) is 0 Å². The van der Waals surface area contributed by atoms with Crippen molar-refractivity contribution in [3.05, 3.63) is 27.2 Å². The number of hydrogen-bond donors (Lipinski definition) is 0. The first kappa shape index (κ1) is 10.4. The van der Waals surface area contributed by atoms with Crippen LogP contribution in [0.15, 0.2) is 16.6 Å². The molecule has 0 saturated heterocycles. The molecule has 0 radical (unpaired) electrons. The van der Waals surface area contributed by atoms with Gasteiger partial charge in [-0.15, -0.1) is 0 Å². The summed E-state index contributed by atoms with van der Waals surface area (Å²) in [6.07, 6.45) is 0.294. The quantitative estimate of drug-likeness (QED) is 0.818. The van der Waals surface area contributed by atoms with Gasteiger partial charge < -0.3 is 4.74 Å². The lowest BCUT2D eigenvalue weighted by molar-refractivity contribution is 0.408. The molecular weight excluding hydrogens is 253 g/mol. The van der Waals surface area contributed by atoms with E-state index in [9.17, 15) is 0 Å². The van der Waals surface area contributed by atoms with Crippen LogP contribution < -0.4 is 4.74 Å². The van der Waals surface area contributed by atoms with Crippen molar-refractivity contribution >= 4 is 27.5 Å². The number of halogens is 2. The van der Waals surface area contributed by atoms with E-state index in [2.05, 4.69) is 22.0 Å². The fraction of sp³-hybridized carbons (Fsp3) is 0.222. The molecule has 1 rings (SSSR count). The van der Waals surface area contributed by atoms with Gasteiger partial charge in [0.25, 0.3) is 0 Å². The Morgan fingerprint density at radius 3 is 2.85 bits per heavy atom. The molecule has 4 heteroatoms. The highest BCUT2D eigenvalue weighted by molar-refractivity contribution is 9.10. The molecule has 0 atom stereocenters. The third-order valence-electron chi connectivity index (χ3n) is 1.56. The van der Waals surface area contributed by atoms with Gasteiger partial charge in [0.2, 0.25) is 0 Å². The molecular formula is C9H7BrClNO. The number of nitrogens with zero attached hydrogens (tertiary/aromatic N) is 1. The Balaban J connectivity index is 3.23. The monoisotopic (exact) mass is 259 g/mol. The lowest BCUT2D eigenvalue weighted by atomic mass is 10.1. The smallest absolute Gasteiger partial charge is 0.137 e. The Bertz CT molecular complexity index is 359. The van der Waals surface area contributed by atoms with Crippen LogP contribution in [-0.2, 0) is 6.42 Å². The molecule has 0 aliphatic heterocycles. The van der Waals surface area contributed by atoms with Crippen molar-refractivity contribution in [2.24, 2.45) is 0 Å². The molecule has 0 N–H and O–H groups in total. The van der Waals surface area contributed by atoms with Gasteiger partial charge in [-0.25, -0.2) is 0 Å². The summed E-state index contributed by atoms with van der Waals surface area (Å²) >= 11 is 9.13. The molecule has 0 amide bonds. The number of rotatable bonds is 2. The highest BCUT2D eigenvalue weighted by Crippen LogP contribution is 2.32. The molecule has 1 aromatic rings. The summed E-state index contributed by atoms with van der Waals surface area (Å²) in [5.74, 6) is 0.672. The number of ether oxygens (including phenoxy) is 1. The number of nitriles is 1. The van der Waals surface area contributed by atoms with Crippen molar-refractivity contribution in [1.82, 2.24) is 0 Å². The zero-order valence-electron chi connectivity index (χ0n) is 6.97. The van der Waals surface area contributed by atoms with E-state index in [0.29, 0.717) is 17.2 Å². The van der Waals surface area contributed by atoms with E-state index >= 15 is 0 Å². The van der Waals surface area contributed by atoms with Crippen LogP contribution in [0.25, 0.3) is 0 Å². The second kappa shape index (κ2) is 4.50. The van der Waals surface area contributed by atoms with E-state index in [1.807, 2.05) is 0 Å². The Morgan fingerprint density at radius 1 is 1.62 bits per heavy atom. The molecule has 68 valence electrons. The average Bonchev–Trinajstić information content (AvgIpc) is 2.04. The fourth-order valence-corrected chi connectivity index (χ4v) is 2.09. The Kier molecular flexibility index (Phi) is 3.58. The maximum absolute atomic E-state index is 8.56. The van der Waals surface area contributed by atoms with Crippen LogP contribution in [0.4, 0.5) is 0 Å². The van der Waals surface area contributed by atoms with Gasteiger partial charge in [0.05, 0.1) is 24.1 Å². The van der Waals surface area contributed by atoms with Gasteiger partial charge in [0.1, 0.15) is 5.75 Å². The first-order chi connectivity index (χ1) is 6.19. The van der Waals surface area contributed by atoms with Gasteiger partial charge in [-0.3, -0.25) is 0 Å². The van der Waals surface area contributed by atoms with Crippen molar-refractivity contribution in [3.8, 4) is 11.8 Å². The largest absolute Gasteiger partial charge is 0.495 e. The summed E-state index contributed by atoms with van der Waals surface area (Å²) in [6.45, 7) is 0. The highest BCUT2D eigenvalue weighted by atomic mass is 79.9. The second-order valence-corrected chi connectivity index (χ2v) is 3.71. The summed E-state index contributed by atoms with van der Waals surface area (Å²) in [6, 6.07) is 5.52. The van der Waals surface area contributed by atoms with Crippen LogP contribution in [0, 0.1) is 11.3 Å². The van der Waals surface area contributed by atoms with E-state index in [-0.39, 0.29) is 0 Å². The first-order valence-electron chi connectivity index (χ1n) is 3.58. The molecule has 0 bridgehead atoms. The van der Waals surface area contributed by atoms with Gasteiger partial charge in [0, 0.05) is 10.6 Å². The van der Waals surface area contributed by atoms with Gasteiger partial charge in [-0.1, -0.05) is 11.6 Å². The summed E-state index contributed by atoms with van der Waals surface area (Å²) in [5, 5.41) is 9.15. The molecule has 0 aliphatic rings. The highest BCUT2D eigenvalue weighted by Gasteiger charge is 2.08. The lowest BCUT2D eigenvalue weighted by Gasteiger charge is -2.08. The minimum atomic E-state index is 0.294. The number of hydrogen-bond acceptors (Lipinski definition) is 2. The second-order valence-electron chi connectivity index (χ2n) is 2.41. The summed E-state index contributed by atoms with van der Waals surface area (Å²) in [7, 11) is 1.56. The Morgan fingerprint density at radius 2 is 2.31 bits per heavy atom. The third-order valence-corrected chi connectivity index (χ3v) is 2.37. The minimum Gasteiger partial charge on any atom is -0.495 e. The van der Waals surface area contributed by atoms with Gasteiger partial charge in [0.15, 0.2) is 0 Å². The Hall–Kier alpha value is -0.720. The molecule has 0 aromatic heterocycles. The van der Waals surface area contributed by atoms with Crippen LogP contribution in [0.1, 0.15) is 5.56 Å². The van der Waals surface area contributed by atoms with E-state index in [4.69, 9.17) is 21.6 Å². The molecule has 1 aromatic carbocycles. The van der Waals surface area contributed by atoms with Gasteiger partial charge in [-0.05, 0) is 28.1 Å². The van der Waals surface area contributed by atoms with E-state index < -0.39 is 0 Å². The average molecular weight is 261 g/mol. The maximum Gasteiger partial charge on any atom is 0.137 e. The van der Waals surface area contributed by atoms with Crippen molar-refractivity contribution < 1.29 is 4.74 Å². The zero-order chi connectivity index (χ0) is 9.84. The SMILES string of the molecule is COc1c(Br)cc(Cl)cc1CC#N. The van der Waals surface area contributed by atoms with E-state index in [1.54, 1.807) is 19.2 Å². The predicted molar refractivity (Wildman–Crippen MR) is 55.0 cm³/mol. The molecule has 2 nitrogen and oxygen atoms in total. The van der Waals surface area contributed by atoms with Crippen LogP contribution >= 0.6 is 27.5 Å². The van der Waals surface area contributed by atoms with E-state index in [0.717, 1.165) is 10.0 Å².